The van der Waals surface area contributed by atoms with E-state index in [-0.39, 0.29) is 6.16 Å². The van der Waals surface area contributed by atoms with E-state index in [1.807, 2.05) is 0 Å². The SMILES string of the molecule is CC(C)(C)CP(=O)([O-])[O-]. The molecule has 0 spiro atoms. The Bertz CT molecular complexity index is 130. The zero-order valence-corrected chi connectivity index (χ0v) is 6.77. The molecule has 0 saturated heterocycles. The predicted octanol–water partition coefficient (Wildman–Crippen LogP) is -0.0538. The Morgan fingerprint density at radius 2 is 1.67 bits per heavy atom. The summed E-state index contributed by atoms with van der Waals surface area (Å²) >= 11 is 0. The fourth-order valence-corrected chi connectivity index (χ4v) is 1.74. The van der Waals surface area contributed by atoms with Crippen molar-refractivity contribution >= 4 is 7.60 Å². The quantitative estimate of drug-likeness (QED) is 0.492. The van der Waals surface area contributed by atoms with Crippen LogP contribution in [0, 0.1) is 5.41 Å². The molecule has 0 N–H and O–H groups in total. The van der Waals surface area contributed by atoms with Crippen LogP contribution in [0.2, 0.25) is 0 Å². The second kappa shape index (κ2) is 2.41. The van der Waals surface area contributed by atoms with Gasteiger partial charge in [0, 0.05) is 0 Å². The molecular weight excluding hydrogens is 139 g/mol. The molecule has 0 heterocycles. The summed E-state index contributed by atoms with van der Waals surface area (Å²) in [6.45, 7) is 5.15. The fraction of sp³-hybridized carbons (Fsp3) is 1.00. The molecule has 0 rings (SSSR count). The first-order valence-electron chi connectivity index (χ1n) is 2.72. The van der Waals surface area contributed by atoms with Crippen LogP contribution < -0.4 is 9.79 Å². The van der Waals surface area contributed by atoms with Gasteiger partial charge in [0.1, 0.15) is 0 Å². The maximum atomic E-state index is 10.1. The van der Waals surface area contributed by atoms with E-state index in [4.69, 9.17) is 0 Å². The summed E-state index contributed by atoms with van der Waals surface area (Å²) in [5.74, 6) is 0. The molecular formula is C5H11O3P-2. The average Bonchev–Trinajstić information content (AvgIpc) is 1.14. The van der Waals surface area contributed by atoms with E-state index < -0.39 is 13.0 Å². The standard InChI is InChI=1S/C5H13O3P/c1-5(2,3)4-9(6,7)8/h4H2,1-3H3,(H2,6,7,8)/p-2. The molecule has 0 bridgehead atoms. The minimum Gasteiger partial charge on any atom is -0.811 e. The van der Waals surface area contributed by atoms with E-state index >= 15 is 0 Å². The molecule has 0 atom stereocenters. The smallest absolute Gasteiger partial charge is 0.0201 e. The fourth-order valence-electron chi connectivity index (χ4n) is 0.581. The Kier molecular flexibility index (Phi) is 2.45. The van der Waals surface area contributed by atoms with Crippen LogP contribution in [0.3, 0.4) is 0 Å². The second-order valence-electron chi connectivity index (χ2n) is 3.33. The van der Waals surface area contributed by atoms with Crippen LogP contribution >= 0.6 is 7.60 Å². The third-order valence-electron chi connectivity index (χ3n) is 0.668. The highest BCUT2D eigenvalue weighted by Gasteiger charge is 2.11. The molecule has 4 heteroatoms. The van der Waals surface area contributed by atoms with Gasteiger partial charge in [-0.1, -0.05) is 28.4 Å². The zero-order chi connectivity index (χ0) is 7.71. The average molecular weight is 150 g/mol. The van der Waals surface area contributed by atoms with Crippen molar-refractivity contribution in [1.29, 1.82) is 0 Å². The van der Waals surface area contributed by atoms with E-state index in [2.05, 4.69) is 0 Å². The van der Waals surface area contributed by atoms with Gasteiger partial charge in [0.15, 0.2) is 0 Å². The first kappa shape index (κ1) is 9.15. The summed E-state index contributed by atoms with van der Waals surface area (Å²) < 4.78 is 10.1. The molecule has 0 aliphatic carbocycles. The summed E-state index contributed by atoms with van der Waals surface area (Å²) in [5, 5.41) is 0. The summed E-state index contributed by atoms with van der Waals surface area (Å²) in [7, 11) is -4.29. The summed E-state index contributed by atoms with van der Waals surface area (Å²) in [4.78, 5) is 20.2. The van der Waals surface area contributed by atoms with Gasteiger partial charge in [-0.15, -0.1) is 0 Å². The normalized spacial score (nSPS) is 13.9. The monoisotopic (exact) mass is 150 g/mol. The Labute approximate surface area is 55.3 Å². The van der Waals surface area contributed by atoms with Crippen LogP contribution in [0.15, 0.2) is 0 Å². The maximum Gasteiger partial charge on any atom is -0.0201 e. The lowest BCUT2D eigenvalue weighted by Gasteiger charge is -2.35. The molecule has 0 amide bonds. The predicted molar refractivity (Wildman–Crippen MR) is 31.9 cm³/mol. The Morgan fingerprint density at radius 3 is 1.67 bits per heavy atom. The molecule has 0 aliphatic heterocycles. The first-order chi connectivity index (χ1) is 3.71. The van der Waals surface area contributed by atoms with Crippen LogP contribution in [0.4, 0.5) is 0 Å². The first-order valence-corrected chi connectivity index (χ1v) is 4.45. The maximum absolute atomic E-state index is 10.1. The summed E-state index contributed by atoms with van der Waals surface area (Å²) in [6.07, 6.45) is -0.264. The molecule has 0 aliphatic rings. The van der Waals surface area contributed by atoms with E-state index in [0.29, 0.717) is 0 Å². The van der Waals surface area contributed by atoms with Gasteiger partial charge in [0.2, 0.25) is 0 Å². The van der Waals surface area contributed by atoms with Gasteiger partial charge in [0.25, 0.3) is 0 Å². The largest absolute Gasteiger partial charge is 0.811 e. The number of rotatable bonds is 1. The molecule has 0 aromatic heterocycles. The highest BCUT2D eigenvalue weighted by atomic mass is 31.2. The van der Waals surface area contributed by atoms with Crippen molar-refractivity contribution in [2.24, 2.45) is 5.41 Å². The van der Waals surface area contributed by atoms with Gasteiger partial charge in [-0.25, -0.2) is 0 Å². The van der Waals surface area contributed by atoms with Crippen molar-refractivity contribution in [2.75, 3.05) is 6.16 Å². The van der Waals surface area contributed by atoms with Crippen LogP contribution in [0.5, 0.6) is 0 Å². The van der Waals surface area contributed by atoms with Crippen molar-refractivity contribution in [3.05, 3.63) is 0 Å². The molecule has 9 heavy (non-hydrogen) atoms. The van der Waals surface area contributed by atoms with Crippen LogP contribution in [-0.4, -0.2) is 6.16 Å². The van der Waals surface area contributed by atoms with Gasteiger partial charge >= 0.3 is 0 Å². The molecule has 0 unspecified atom stereocenters. The van der Waals surface area contributed by atoms with Crippen molar-refractivity contribution in [3.8, 4) is 0 Å². The molecule has 0 radical (unpaired) electrons. The van der Waals surface area contributed by atoms with Crippen molar-refractivity contribution in [1.82, 2.24) is 0 Å². The van der Waals surface area contributed by atoms with Crippen LogP contribution in [0.1, 0.15) is 20.8 Å². The van der Waals surface area contributed by atoms with Crippen molar-refractivity contribution < 1.29 is 14.4 Å². The highest BCUT2D eigenvalue weighted by molar-refractivity contribution is 7.48. The Hall–Kier alpha value is 0.150. The van der Waals surface area contributed by atoms with Gasteiger partial charge in [-0.05, 0) is 11.6 Å². The molecule has 0 aromatic carbocycles. The molecule has 56 valence electrons. The minimum atomic E-state index is -4.29. The van der Waals surface area contributed by atoms with Crippen molar-refractivity contribution in [3.63, 3.8) is 0 Å². The zero-order valence-electron chi connectivity index (χ0n) is 5.88. The number of hydrogen-bond acceptors (Lipinski definition) is 3. The topological polar surface area (TPSA) is 63.2 Å². The summed E-state index contributed by atoms with van der Waals surface area (Å²) in [6, 6.07) is 0. The Balaban J connectivity index is 3.90. The molecule has 0 aromatic rings. The molecule has 0 saturated carbocycles. The minimum absolute atomic E-state index is 0.264. The van der Waals surface area contributed by atoms with Gasteiger partial charge in [-0.3, -0.25) is 0 Å². The van der Waals surface area contributed by atoms with E-state index in [1.165, 1.54) is 0 Å². The lowest BCUT2D eigenvalue weighted by Crippen LogP contribution is -2.24. The van der Waals surface area contributed by atoms with E-state index in [9.17, 15) is 14.4 Å². The van der Waals surface area contributed by atoms with Gasteiger partial charge in [0.05, 0.1) is 0 Å². The van der Waals surface area contributed by atoms with E-state index in [0.717, 1.165) is 0 Å². The summed E-state index contributed by atoms with van der Waals surface area (Å²) in [5.41, 5.74) is -0.404. The van der Waals surface area contributed by atoms with Gasteiger partial charge < -0.3 is 14.4 Å². The third kappa shape index (κ3) is 8.15. The highest BCUT2D eigenvalue weighted by Crippen LogP contribution is 2.32. The van der Waals surface area contributed by atoms with Crippen LogP contribution in [0.25, 0.3) is 0 Å². The Morgan fingerprint density at radius 1 is 1.33 bits per heavy atom. The van der Waals surface area contributed by atoms with Crippen LogP contribution in [-0.2, 0) is 4.57 Å². The number of hydrogen-bond donors (Lipinski definition) is 0. The molecule has 3 nitrogen and oxygen atoms in total. The second-order valence-corrected chi connectivity index (χ2v) is 4.87. The lowest BCUT2D eigenvalue weighted by atomic mass is 10.0. The van der Waals surface area contributed by atoms with E-state index in [1.54, 1.807) is 20.8 Å². The third-order valence-corrected chi connectivity index (χ3v) is 2.00. The lowest BCUT2D eigenvalue weighted by molar-refractivity contribution is -0.314. The molecule has 0 fully saturated rings. The van der Waals surface area contributed by atoms with Crippen molar-refractivity contribution in [2.45, 2.75) is 20.8 Å². The van der Waals surface area contributed by atoms with Gasteiger partial charge in [-0.2, -0.15) is 0 Å².